The highest BCUT2D eigenvalue weighted by molar-refractivity contribution is 7.15. The van der Waals surface area contributed by atoms with Crippen molar-refractivity contribution in [2.75, 3.05) is 12.1 Å². The fourth-order valence-corrected chi connectivity index (χ4v) is 4.68. The topological polar surface area (TPSA) is 28.5 Å². The lowest BCUT2D eigenvalue weighted by atomic mass is 9.91. The molecule has 0 aliphatic carbocycles. The second kappa shape index (κ2) is 15.9. The van der Waals surface area contributed by atoms with E-state index in [0.29, 0.717) is 5.92 Å². The van der Waals surface area contributed by atoms with Gasteiger partial charge >= 0.3 is 0 Å². The second-order valence-electron chi connectivity index (χ2n) is 8.71. The molecular weight excluding hydrogens is 374 g/mol. The quantitative estimate of drug-likeness (QED) is 0.143. The number of thiazole rings is 1. The van der Waals surface area contributed by atoms with Gasteiger partial charge in [-0.1, -0.05) is 90.9 Å². The van der Waals surface area contributed by atoms with Crippen LogP contribution in [0, 0.1) is 19.8 Å². The highest BCUT2D eigenvalue weighted by Crippen LogP contribution is 2.26. The van der Waals surface area contributed by atoms with Gasteiger partial charge in [-0.2, -0.15) is 5.10 Å². The Morgan fingerprint density at radius 1 is 0.862 bits per heavy atom. The molecule has 0 aliphatic heterocycles. The van der Waals surface area contributed by atoms with E-state index in [4.69, 9.17) is 5.10 Å². The van der Waals surface area contributed by atoms with Crippen LogP contribution in [0.1, 0.15) is 121 Å². The Morgan fingerprint density at radius 2 is 1.34 bits per heavy atom. The molecule has 0 bridgehead atoms. The summed E-state index contributed by atoms with van der Waals surface area (Å²) in [6.07, 6.45) is 19.0. The first-order valence-corrected chi connectivity index (χ1v) is 13.0. The van der Waals surface area contributed by atoms with Crippen molar-refractivity contribution in [1.82, 2.24) is 4.98 Å². The van der Waals surface area contributed by atoms with Crippen LogP contribution < -0.4 is 5.01 Å². The third-order valence-electron chi connectivity index (χ3n) is 6.00. The van der Waals surface area contributed by atoms with Gasteiger partial charge in [-0.3, -0.25) is 0 Å². The zero-order chi connectivity index (χ0) is 21.5. The van der Waals surface area contributed by atoms with E-state index in [9.17, 15) is 0 Å². The highest BCUT2D eigenvalue weighted by atomic mass is 32.1. The summed E-state index contributed by atoms with van der Waals surface area (Å²) in [6, 6.07) is 0. The molecule has 0 amide bonds. The molecule has 4 heteroatoms. The Bertz CT molecular complexity index is 529. The maximum atomic E-state index is 4.96. The molecule has 0 radical (unpaired) electrons. The minimum atomic E-state index is 0.622. The van der Waals surface area contributed by atoms with Crippen molar-refractivity contribution in [3.8, 4) is 0 Å². The van der Waals surface area contributed by atoms with Gasteiger partial charge in [0, 0.05) is 17.6 Å². The third-order valence-corrected chi connectivity index (χ3v) is 7.14. The van der Waals surface area contributed by atoms with E-state index >= 15 is 0 Å². The Hall–Kier alpha value is -0.900. The van der Waals surface area contributed by atoms with E-state index in [2.05, 4.69) is 39.6 Å². The van der Waals surface area contributed by atoms with E-state index in [1.54, 1.807) is 11.3 Å². The van der Waals surface area contributed by atoms with Gasteiger partial charge in [0.1, 0.15) is 0 Å². The van der Waals surface area contributed by atoms with Gasteiger partial charge < -0.3 is 0 Å². The average molecular weight is 422 g/mol. The Morgan fingerprint density at radius 3 is 1.79 bits per heavy atom. The summed E-state index contributed by atoms with van der Waals surface area (Å²) in [5.41, 5.74) is 2.42. The number of aromatic nitrogens is 1. The molecular formula is C25H47N3S. The minimum Gasteiger partial charge on any atom is -0.242 e. The number of anilines is 1. The molecule has 1 heterocycles. The van der Waals surface area contributed by atoms with Gasteiger partial charge in [0.25, 0.3) is 0 Å². The average Bonchev–Trinajstić information content (AvgIpc) is 3.04. The molecule has 0 aromatic carbocycles. The van der Waals surface area contributed by atoms with Gasteiger partial charge in [-0.25, -0.2) is 9.99 Å². The summed E-state index contributed by atoms with van der Waals surface area (Å²) in [5, 5.41) is 7.96. The lowest BCUT2D eigenvalue weighted by molar-refractivity contribution is 0.482. The first-order chi connectivity index (χ1) is 14.0. The molecule has 0 saturated carbocycles. The van der Waals surface area contributed by atoms with Crippen LogP contribution in [0.25, 0.3) is 0 Å². The van der Waals surface area contributed by atoms with E-state index < -0.39 is 0 Å². The molecule has 168 valence electrons. The Kier molecular flexibility index (Phi) is 14.3. The highest BCUT2D eigenvalue weighted by Gasteiger charge is 2.15. The number of unbranched alkanes of at least 4 members (excludes halogenated alkanes) is 10. The van der Waals surface area contributed by atoms with Crippen LogP contribution in [0.4, 0.5) is 5.13 Å². The SMILES string of the molecule is CCCCCCCCC(CCCCCCCC)/C(C)=N/N(C)c1nc(C)c(C)s1. The van der Waals surface area contributed by atoms with Crippen LogP contribution in [0.3, 0.4) is 0 Å². The van der Waals surface area contributed by atoms with Crippen LogP contribution in [-0.2, 0) is 0 Å². The molecule has 0 spiro atoms. The number of nitrogens with zero attached hydrogens (tertiary/aromatic N) is 3. The zero-order valence-corrected chi connectivity index (χ0v) is 21.0. The Labute approximate surface area is 185 Å². The number of aryl methyl sites for hydroxylation is 2. The zero-order valence-electron chi connectivity index (χ0n) is 20.2. The third kappa shape index (κ3) is 11.2. The van der Waals surface area contributed by atoms with Crippen LogP contribution in [0.15, 0.2) is 5.10 Å². The van der Waals surface area contributed by atoms with Crippen LogP contribution in [0.5, 0.6) is 0 Å². The lowest BCUT2D eigenvalue weighted by Crippen LogP contribution is -2.18. The fourth-order valence-electron chi connectivity index (χ4n) is 3.86. The van der Waals surface area contributed by atoms with Crippen molar-refractivity contribution < 1.29 is 0 Å². The van der Waals surface area contributed by atoms with Crippen LogP contribution >= 0.6 is 11.3 Å². The van der Waals surface area contributed by atoms with Crippen LogP contribution in [0.2, 0.25) is 0 Å². The Balaban J connectivity index is 2.58. The first kappa shape index (κ1) is 26.1. The molecule has 1 aromatic rings. The van der Waals surface area contributed by atoms with Crippen molar-refractivity contribution in [2.24, 2.45) is 11.0 Å². The molecule has 29 heavy (non-hydrogen) atoms. The second-order valence-corrected chi connectivity index (χ2v) is 9.89. The molecule has 0 atom stereocenters. The predicted molar refractivity (Wildman–Crippen MR) is 133 cm³/mol. The van der Waals surface area contributed by atoms with Crippen molar-refractivity contribution in [2.45, 2.75) is 125 Å². The molecule has 0 unspecified atom stereocenters. The standard InChI is InChI=1S/C25H47N3S/c1-7-9-11-13-15-17-19-24(20-18-16-14-12-10-8-2)22(4)27-28(6)25-26-21(3)23(5)29-25/h24H,7-20H2,1-6H3/b27-22+. The largest absolute Gasteiger partial charge is 0.242 e. The fraction of sp³-hybridized carbons (Fsp3) is 0.840. The summed E-state index contributed by atoms with van der Waals surface area (Å²) in [5.74, 6) is 0.622. The van der Waals surface area contributed by atoms with E-state index in [1.807, 2.05) is 12.1 Å². The monoisotopic (exact) mass is 421 g/mol. The summed E-state index contributed by atoms with van der Waals surface area (Å²) in [6.45, 7) is 11.0. The summed E-state index contributed by atoms with van der Waals surface area (Å²) in [7, 11) is 2.05. The smallest absolute Gasteiger partial charge is 0.206 e. The van der Waals surface area contributed by atoms with Gasteiger partial charge in [-0.05, 0) is 39.5 Å². The van der Waals surface area contributed by atoms with E-state index in [1.165, 1.54) is 100 Å². The van der Waals surface area contributed by atoms with Crippen molar-refractivity contribution in [3.63, 3.8) is 0 Å². The molecule has 3 nitrogen and oxygen atoms in total. The molecule has 0 saturated heterocycles. The number of rotatable bonds is 17. The number of hydrogen-bond acceptors (Lipinski definition) is 4. The van der Waals surface area contributed by atoms with Gasteiger partial charge in [0.05, 0.1) is 5.69 Å². The van der Waals surface area contributed by atoms with Crippen molar-refractivity contribution in [1.29, 1.82) is 0 Å². The lowest BCUT2D eigenvalue weighted by Gasteiger charge is -2.19. The van der Waals surface area contributed by atoms with Gasteiger partial charge in [0.15, 0.2) is 0 Å². The van der Waals surface area contributed by atoms with Crippen molar-refractivity contribution >= 4 is 22.2 Å². The van der Waals surface area contributed by atoms with Crippen LogP contribution in [-0.4, -0.2) is 17.7 Å². The van der Waals surface area contributed by atoms with E-state index in [0.717, 1.165) is 10.8 Å². The summed E-state index contributed by atoms with van der Waals surface area (Å²) in [4.78, 5) is 5.96. The van der Waals surface area contributed by atoms with Gasteiger partial charge in [0.2, 0.25) is 5.13 Å². The first-order valence-electron chi connectivity index (χ1n) is 12.2. The summed E-state index contributed by atoms with van der Waals surface area (Å²) < 4.78 is 0. The minimum absolute atomic E-state index is 0.622. The molecule has 0 N–H and O–H groups in total. The predicted octanol–water partition coefficient (Wildman–Crippen LogP) is 8.69. The number of hydrogen-bond donors (Lipinski definition) is 0. The number of hydrazone groups is 1. The van der Waals surface area contributed by atoms with Gasteiger partial charge in [-0.15, -0.1) is 11.3 Å². The normalized spacial score (nSPS) is 12.2. The molecule has 1 rings (SSSR count). The molecule has 1 aromatic heterocycles. The molecule has 0 fully saturated rings. The molecule has 0 aliphatic rings. The van der Waals surface area contributed by atoms with Crippen molar-refractivity contribution in [3.05, 3.63) is 10.6 Å². The maximum absolute atomic E-state index is 4.96. The summed E-state index contributed by atoms with van der Waals surface area (Å²) >= 11 is 1.74. The maximum Gasteiger partial charge on any atom is 0.206 e. The van der Waals surface area contributed by atoms with E-state index in [-0.39, 0.29) is 0 Å².